The Morgan fingerprint density at radius 3 is 2.82 bits per heavy atom. The average molecular weight is 448 g/mol. The molecule has 1 saturated heterocycles. The zero-order valence-electron chi connectivity index (χ0n) is 19.4. The van der Waals surface area contributed by atoms with Crippen molar-refractivity contribution < 1.29 is 9.47 Å². The van der Waals surface area contributed by atoms with Crippen LogP contribution in [0, 0.1) is 0 Å². The van der Waals surface area contributed by atoms with Crippen molar-refractivity contribution in [1.29, 1.82) is 0 Å². The van der Waals surface area contributed by atoms with Crippen LogP contribution >= 0.6 is 0 Å². The lowest BCUT2D eigenvalue weighted by atomic mass is 10.1. The number of nitrogens with zero attached hydrogens (tertiary/aromatic N) is 2. The molecule has 7 heteroatoms. The molecule has 7 nitrogen and oxygen atoms in total. The highest BCUT2D eigenvalue weighted by molar-refractivity contribution is 5.77. The Hall–Kier alpha value is -3.58. The molecule has 0 spiro atoms. The Morgan fingerprint density at radius 2 is 2.12 bits per heavy atom. The third kappa shape index (κ3) is 7.50. The molecule has 0 aliphatic carbocycles. The first-order chi connectivity index (χ1) is 16.1. The van der Waals surface area contributed by atoms with Gasteiger partial charge in [0.25, 0.3) is 0 Å². The van der Waals surface area contributed by atoms with Gasteiger partial charge in [-0.2, -0.15) is 0 Å². The summed E-state index contributed by atoms with van der Waals surface area (Å²) < 4.78 is 11.8. The first kappa shape index (κ1) is 24.1. The third-order valence-corrected chi connectivity index (χ3v) is 5.15. The lowest BCUT2D eigenvalue weighted by molar-refractivity contribution is 0.290. The van der Waals surface area contributed by atoms with E-state index in [4.69, 9.17) is 9.47 Å². The predicted molar refractivity (Wildman–Crippen MR) is 135 cm³/mol. The van der Waals surface area contributed by atoms with Crippen molar-refractivity contribution in [3.05, 3.63) is 73.2 Å². The summed E-state index contributed by atoms with van der Waals surface area (Å²) >= 11 is 0. The summed E-state index contributed by atoms with van der Waals surface area (Å²) in [7, 11) is 1.83. The highest BCUT2D eigenvalue weighted by Crippen LogP contribution is 2.31. The highest BCUT2D eigenvalue weighted by Gasteiger charge is 2.13. The molecule has 0 saturated carbocycles. The minimum atomic E-state index is 0.484. The van der Waals surface area contributed by atoms with Crippen LogP contribution in [0.1, 0.15) is 31.7 Å². The molecule has 2 heterocycles. The number of hydrogen-bond acceptors (Lipinski definition) is 7. The van der Waals surface area contributed by atoms with Gasteiger partial charge >= 0.3 is 0 Å². The van der Waals surface area contributed by atoms with Crippen LogP contribution in [-0.4, -0.2) is 37.4 Å². The molecule has 1 atom stereocenters. The number of pyridine rings is 1. The molecule has 1 aliphatic rings. The van der Waals surface area contributed by atoms with E-state index >= 15 is 0 Å². The predicted octanol–water partition coefficient (Wildman–Crippen LogP) is 4.92. The van der Waals surface area contributed by atoms with Crippen LogP contribution in [0.4, 0.5) is 5.69 Å². The Balaban J connectivity index is 1.63. The van der Waals surface area contributed by atoms with Crippen LogP contribution in [0.25, 0.3) is 5.70 Å². The molecule has 1 aromatic heterocycles. The average Bonchev–Trinajstić information content (AvgIpc) is 3.33. The van der Waals surface area contributed by atoms with E-state index < -0.39 is 0 Å². The van der Waals surface area contributed by atoms with Gasteiger partial charge in [-0.25, -0.2) is 4.98 Å². The summed E-state index contributed by atoms with van der Waals surface area (Å²) in [4.78, 5) is 8.81. The molecule has 1 aliphatic heterocycles. The number of benzene rings is 1. The second-order valence-corrected chi connectivity index (χ2v) is 7.68. The minimum absolute atomic E-state index is 0.484. The van der Waals surface area contributed by atoms with Gasteiger partial charge in [-0.15, -0.1) is 0 Å². The number of ether oxygens (including phenoxy) is 2. The van der Waals surface area contributed by atoms with E-state index in [0.29, 0.717) is 35.7 Å². The summed E-state index contributed by atoms with van der Waals surface area (Å²) in [5, 5.41) is 9.60. The van der Waals surface area contributed by atoms with E-state index in [-0.39, 0.29) is 0 Å². The van der Waals surface area contributed by atoms with Gasteiger partial charge in [0.15, 0.2) is 0 Å². The quantitative estimate of drug-likeness (QED) is 0.316. The number of rotatable bonds is 12. The molecule has 1 fully saturated rings. The second kappa shape index (κ2) is 12.5. The Bertz CT molecular complexity index is 992. The molecular formula is C26H33N5O2. The van der Waals surface area contributed by atoms with E-state index in [0.717, 1.165) is 30.0 Å². The number of nitrogens with one attached hydrogen (secondary N) is 3. The molecule has 0 radical (unpaired) electrons. The van der Waals surface area contributed by atoms with Crippen LogP contribution in [0.5, 0.6) is 17.4 Å². The monoisotopic (exact) mass is 447 g/mol. The molecule has 174 valence electrons. The van der Waals surface area contributed by atoms with E-state index in [1.807, 2.05) is 44.3 Å². The zero-order valence-corrected chi connectivity index (χ0v) is 19.4. The van der Waals surface area contributed by atoms with Crippen LogP contribution in [0.15, 0.2) is 72.7 Å². The van der Waals surface area contributed by atoms with Crippen molar-refractivity contribution in [3.8, 4) is 17.4 Å². The van der Waals surface area contributed by atoms with E-state index in [1.54, 1.807) is 24.7 Å². The Labute approximate surface area is 196 Å². The van der Waals surface area contributed by atoms with Crippen molar-refractivity contribution in [3.63, 3.8) is 0 Å². The van der Waals surface area contributed by atoms with Gasteiger partial charge in [0, 0.05) is 42.3 Å². The molecular weight excluding hydrogens is 414 g/mol. The first-order valence-corrected chi connectivity index (χ1v) is 11.2. The standard InChI is InChI=1S/C26H33N5O2/c1-5-28-25-10-8-22(17-24(25)20(3)31-19(2)12-15-27-4)33-26-11-9-23(18-30-26)32-16-13-21-7-6-14-29-21/h5,8-12,15,17-18,21,27,29,31H,2-3,6-7,13-14,16H2,1,4H3/b15-12-,28-5?. The summed E-state index contributed by atoms with van der Waals surface area (Å²) in [5.74, 6) is 1.85. The fraction of sp³-hybridized carbons (Fsp3) is 0.308. The third-order valence-electron chi connectivity index (χ3n) is 5.15. The molecule has 0 amide bonds. The van der Waals surface area contributed by atoms with E-state index in [1.165, 1.54) is 12.8 Å². The smallest absolute Gasteiger partial charge is 0.219 e. The molecule has 0 bridgehead atoms. The number of allylic oxidation sites excluding steroid dienone is 1. The van der Waals surface area contributed by atoms with Gasteiger partial charge in [0.05, 0.1) is 18.5 Å². The lowest BCUT2D eigenvalue weighted by Gasteiger charge is -2.14. The second-order valence-electron chi connectivity index (χ2n) is 7.68. The van der Waals surface area contributed by atoms with Crippen molar-refractivity contribution in [1.82, 2.24) is 20.9 Å². The van der Waals surface area contributed by atoms with Crippen molar-refractivity contribution in [2.75, 3.05) is 20.2 Å². The molecule has 33 heavy (non-hydrogen) atoms. The summed E-state index contributed by atoms with van der Waals surface area (Å²) in [5.41, 5.74) is 2.96. The SMILES string of the molecule is C=C(/C=C\NC)NC(=C)c1cc(Oc2ccc(OCCC3CCCN3)cn2)ccc1N=CC. The maximum Gasteiger partial charge on any atom is 0.219 e. The first-order valence-electron chi connectivity index (χ1n) is 11.2. The maximum atomic E-state index is 5.97. The number of aromatic nitrogens is 1. The van der Waals surface area contributed by atoms with Gasteiger partial charge in [-0.05, 0) is 69.3 Å². The largest absolute Gasteiger partial charge is 0.492 e. The Morgan fingerprint density at radius 1 is 1.27 bits per heavy atom. The van der Waals surface area contributed by atoms with Gasteiger partial charge in [-0.1, -0.05) is 13.2 Å². The molecule has 1 unspecified atom stereocenters. The maximum absolute atomic E-state index is 5.97. The number of aliphatic imine (C=N–C) groups is 1. The molecule has 3 rings (SSSR count). The summed E-state index contributed by atoms with van der Waals surface area (Å²) in [6.07, 6.45) is 10.5. The van der Waals surface area contributed by atoms with Crippen molar-refractivity contribution in [2.45, 2.75) is 32.2 Å². The van der Waals surface area contributed by atoms with Gasteiger partial charge < -0.3 is 25.4 Å². The van der Waals surface area contributed by atoms with E-state index in [9.17, 15) is 0 Å². The lowest BCUT2D eigenvalue weighted by Crippen LogP contribution is -2.23. The normalized spacial score (nSPS) is 15.6. The fourth-order valence-corrected chi connectivity index (χ4v) is 3.51. The Kier molecular flexibility index (Phi) is 9.08. The van der Waals surface area contributed by atoms with Crippen LogP contribution in [-0.2, 0) is 0 Å². The van der Waals surface area contributed by atoms with Crippen LogP contribution in [0.2, 0.25) is 0 Å². The van der Waals surface area contributed by atoms with Crippen molar-refractivity contribution in [2.24, 2.45) is 4.99 Å². The summed E-state index contributed by atoms with van der Waals surface area (Å²) in [6, 6.07) is 9.87. The van der Waals surface area contributed by atoms with Gasteiger partial charge in [0.2, 0.25) is 5.88 Å². The van der Waals surface area contributed by atoms with Gasteiger partial charge in [-0.3, -0.25) is 4.99 Å². The molecule has 1 aromatic carbocycles. The van der Waals surface area contributed by atoms with Gasteiger partial charge in [0.1, 0.15) is 11.5 Å². The van der Waals surface area contributed by atoms with E-state index in [2.05, 4.69) is 39.1 Å². The highest BCUT2D eigenvalue weighted by atomic mass is 16.5. The van der Waals surface area contributed by atoms with Crippen LogP contribution in [0.3, 0.4) is 0 Å². The molecule has 3 N–H and O–H groups in total. The fourth-order valence-electron chi connectivity index (χ4n) is 3.51. The summed E-state index contributed by atoms with van der Waals surface area (Å²) in [6.45, 7) is 11.8. The van der Waals surface area contributed by atoms with Crippen LogP contribution < -0.4 is 25.4 Å². The molecule has 2 aromatic rings. The minimum Gasteiger partial charge on any atom is -0.492 e. The van der Waals surface area contributed by atoms with Crippen molar-refractivity contribution >= 4 is 17.6 Å². The zero-order chi connectivity index (χ0) is 23.5. The number of hydrogen-bond donors (Lipinski definition) is 3. The topological polar surface area (TPSA) is 79.8 Å².